The lowest BCUT2D eigenvalue weighted by Crippen LogP contribution is -2.56. The zero-order chi connectivity index (χ0) is 24.6. The number of nitrogens with zero attached hydrogens (tertiary/aromatic N) is 2. The number of benzene rings is 1. The molecule has 5 nitrogen and oxygen atoms in total. The lowest BCUT2D eigenvalue weighted by molar-refractivity contribution is -0.159. The number of fused-ring (bicyclic) bond motifs is 1. The molecule has 4 rings (SSSR count). The zero-order valence-corrected chi connectivity index (χ0v) is 22.0. The van der Waals surface area contributed by atoms with Crippen LogP contribution < -0.4 is 4.90 Å². The number of hydrogen-bond acceptors (Lipinski definition) is 5. The number of piperazine rings is 1. The van der Waals surface area contributed by atoms with E-state index < -0.39 is 5.60 Å². The average molecular weight is 469 g/mol. The predicted octanol–water partition coefficient (Wildman–Crippen LogP) is 4.74. The molecule has 0 radical (unpaired) electrons. The highest BCUT2D eigenvalue weighted by Crippen LogP contribution is 2.51. The first-order chi connectivity index (χ1) is 16.1. The molecule has 0 spiro atoms. The molecule has 1 saturated carbocycles. The van der Waals surface area contributed by atoms with Crippen LogP contribution in [0.1, 0.15) is 58.1 Å². The highest BCUT2D eigenvalue weighted by molar-refractivity contribution is 5.66. The molecule has 0 bridgehead atoms. The largest absolute Gasteiger partial charge is 0.458 e. The normalized spacial score (nSPS) is 33.1. The Hall–Kier alpha value is -1.85. The molecule has 6 atom stereocenters. The summed E-state index contributed by atoms with van der Waals surface area (Å²) in [4.78, 5) is 16.7. The van der Waals surface area contributed by atoms with Gasteiger partial charge in [-0.15, -0.1) is 0 Å². The van der Waals surface area contributed by atoms with Crippen molar-refractivity contribution in [3.8, 4) is 0 Å². The van der Waals surface area contributed by atoms with Gasteiger partial charge < -0.3 is 14.7 Å². The monoisotopic (exact) mass is 468 g/mol. The molecule has 2 aliphatic carbocycles. The van der Waals surface area contributed by atoms with Gasteiger partial charge in [-0.05, 0) is 80.2 Å². The summed E-state index contributed by atoms with van der Waals surface area (Å²) in [6.07, 6.45) is 4.65. The van der Waals surface area contributed by atoms with Crippen LogP contribution in [0.4, 0.5) is 5.69 Å². The van der Waals surface area contributed by atoms with Crippen molar-refractivity contribution in [1.82, 2.24) is 4.90 Å². The number of esters is 1. The van der Waals surface area contributed by atoms with Crippen LogP contribution in [0, 0.1) is 37.5 Å². The maximum absolute atomic E-state index is 11.8. The van der Waals surface area contributed by atoms with Gasteiger partial charge in [-0.3, -0.25) is 9.69 Å². The van der Waals surface area contributed by atoms with Crippen molar-refractivity contribution < 1.29 is 14.6 Å². The second-order valence-electron chi connectivity index (χ2n) is 11.5. The van der Waals surface area contributed by atoms with Crippen LogP contribution in [-0.2, 0) is 9.53 Å². The first kappa shape index (κ1) is 25.2. The van der Waals surface area contributed by atoms with Crippen LogP contribution in [0.3, 0.4) is 0 Å². The molecule has 0 aromatic heterocycles. The van der Waals surface area contributed by atoms with Gasteiger partial charge in [0.2, 0.25) is 0 Å². The van der Waals surface area contributed by atoms with Crippen molar-refractivity contribution in [1.29, 1.82) is 0 Å². The summed E-state index contributed by atoms with van der Waals surface area (Å²) in [5.74, 6) is 1.03. The molecule has 3 aliphatic rings. The van der Waals surface area contributed by atoms with Crippen molar-refractivity contribution in [2.75, 3.05) is 37.6 Å². The SMILES string of the molecule is CC(=O)O[C@@H]1C[C@@]2(O)[C@H](C)CC[C@@H]([C@H](C)CN3CCN(c4cc(C)cc(C)c4)CC3)[C@H]2C=C1C. The van der Waals surface area contributed by atoms with Crippen molar-refractivity contribution in [3.05, 3.63) is 41.0 Å². The Balaban J connectivity index is 1.41. The molecular formula is C29H44N2O3. The Kier molecular flexibility index (Phi) is 7.44. The third-order valence-electron chi connectivity index (χ3n) is 8.82. The van der Waals surface area contributed by atoms with Gasteiger partial charge in [0, 0.05) is 57.7 Å². The number of aliphatic hydroxyl groups is 1. The molecule has 188 valence electrons. The van der Waals surface area contributed by atoms with Crippen molar-refractivity contribution in [2.45, 2.75) is 72.5 Å². The van der Waals surface area contributed by atoms with E-state index in [1.165, 1.54) is 23.7 Å². The Morgan fingerprint density at radius 1 is 1.12 bits per heavy atom. The zero-order valence-electron chi connectivity index (χ0n) is 22.0. The molecule has 1 aromatic carbocycles. The summed E-state index contributed by atoms with van der Waals surface area (Å²) in [6.45, 7) is 17.8. The summed E-state index contributed by atoms with van der Waals surface area (Å²) in [5, 5.41) is 11.8. The summed E-state index contributed by atoms with van der Waals surface area (Å²) >= 11 is 0. The van der Waals surface area contributed by atoms with E-state index in [2.05, 4.69) is 68.7 Å². The van der Waals surface area contributed by atoms with Crippen LogP contribution in [0.25, 0.3) is 0 Å². The number of anilines is 1. The van der Waals surface area contributed by atoms with Gasteiger partial charge in [0.05, 0.1) is 5.60 Å². The van der Waals surface area contributed by atoms with Crippen LogP contribution in [0.5, 0.6) is 0 Å². The van der Waals surface area contributed by atoms with E-state index in [0.717, 1.165) is 51.1 Å². The van der Waals surface area contributed by atoms with E-state index in [-0.39, 0.29) is 23.9 Å². The smallest absolute Gasteiger partial charge is 0.303 e. The van der Waals surface area contributed by atoms with E-state index in [4.69, 9.17) is 4.74 Å². The fraction of sp³-hybridized carbons (Fsp3) is 0.690. The number of hydrogen-bond donors (Lipinski definition) is 1. The Morgan fingerprint density at radius 2 is 1.76 bits per heavy atom. The number of rotatable bonds is 5. The summed E-state index contributed by atoms with van der Waals surface area (Å²) < 4.78 is 5.56. The molecule has 1 N–H and O–H groups in total. The van der Waals surface area contributed by atoms with Gasteiger partial charge in [-0.1, -0.05) is 26.0 Å². The number of aryl methyl sites for hydroxylation is 2. The second kappa shape index (κ2) is 10.0. The van der Waals surface area contributed by atoms with Crippen LogP contribution in [0.2, 0.25) is 0 Å². The molecule has 1 saturated heterocycles. The minimum Gasteiger partial charge on any atom is -0.458 e. The van der Waals surface area contributed by atoms with Crippen molar-refractivity contribution >= 4 is 11.7 Å². The fourth-order valence-corrected chi connectivity index (χ4v) is 6.86. The third kappa shape index (κ3) is 5.21. The molecule has 2 fully saturated rings. The molecule has 1 aliphatic heterocycles. The lowest BCUT2D eigenvalue weighted by atomic mass is 9.57. The van der Waals surface area contributed by atoms with Crippen LogP contribution >= 0.6 is 0 Å². The maximum atomic E-state index is 11.8. The lowest BCUT2D eigenvalue weighted by Gasteiger charge is -2.53. The number of carbonyl (C=O) groups is 1. The first-order valence-electron chi connectivity index (χ1n) is 13.2. The van der Waals surface area contributed by atoms with Gasteiger partial charge in [0.1, 0.15) is 6.10 Å². The van der Waals surface area contributed by atoms with Gasteiger partial charge in [0.25, 0.3) is 0 Å². The fourth-order valence-electron chi connectivity index (χ4n) is 6.86. The van der Waals surface area contributed by atoms with E-state index in [0.29, 0.717) is 18.3 Å². The summed E-state index contributed by atoms with van der Waals surface area (Å²) in [7, 11) is 0. The van der Waals surface area contributed by atoms with Crippen LogP contribution in [-0.4, -0.2) is 60.4 Å². The highest BCUT2D eigenvalue weighted by Gasteiger charge is 2.52. The molecule has 0 amide bonds. The van der Waals surface area contributed by atoms with Gasteiger partial charge in [-0.25, -0.2) is 0 Å². The maximum Gasteiger partial charge on any atom is 0.303 e. The Bertz CT molecular complexity index is 900. The minimum atomic E-state index is -0.793. The molecular weight excluding hydrogens is 424 g/mol. The van der Waals surface area contributed by atoms with Crippen LogP contribution in [0.15, 0.2) is 29.8 Å². The van der Waals surface area contributed by atoms with Crippen molar-refractivity contribution in [2.24, 2.45) is 23.7 Å². The quantitative estimate of drug-likeness (QED) is 0.500. The molecule has 5 heteroatoms. The number of ether oxygens (including phenoxy) is 1. The standard InChI is InChI=1S/C29H44N2O3/c1-19-13-20(2)15-25(14-19)31-11-9-30(10-12-31)18-22(4)26-8-7-23(5)29(33)17-28(34-24(6)32)21(3)16-27(26)29/h13-16,22-23,26-28,33H,7-12,17-18H2,1-6H3/t22-,23-,26+,27-,28-,29-/m1/s1. The second-order valence-corrected chi connectivity index (χ2v) is 11.5. The summed E-state index contributed by atoms with van der Waals surface area (Å²) in [5.41, 5.74) is 4.31. The average Bonchev–Trinajstić information content (AvgIpc) is 2.75. The Labute approximate surface area is 206 Å². The molecule has 1 heterocycles. The van der Waals surface area contributed by atoms with E-state index >= 15 is 0 Å². The summed E-state index contributed by atoms with van der Waals surface area (Å²) in [6, 6.07) is 6.84. The molecule has 0 unspecified atom stereocenters. The predicted molar refractivity (Wildman–Crippen MR) is 138 cm³/mol. The van der Waals surface area contributed by atoms with Crippen molar-refractivity contribution in [3.63, 3.8) is 0 Å². The highest BCUT2D eigenvalue weighted by atomic mass is 16.5. The van der Waals surface area contributed by atoms with E-state index in [9.17, 15) is 9.90 Å². The minimum absolute atomic E-state index is 0.134. The van der Waals surface area contributed by atoms with Gasteiger partial charge in [0.15, 0.2) is 0 Å². The van der Waals surface area contributed by atoms with Gasteiger partial charge in [-0.2, -0.15) is 0 Å². The van der Waals surface area contributed by atoms with E-state index in [1.807, 2.05) is 0 Å². The third-order valence-corrected chi connectivity index (χ3v) is 8.82. The topological polar surface area (TPSA) is 53.0 Å². The first-order valence-corrected chi connectivity index (χ1v) is 13.2. The van der Waals surface area contributed by atoms with E-state index in [1.54, 1.807) is 0 Å². The molecule has 1 aromatic rings. The number of carbonyl (C=O) groups excluding carboxylic acids is 1. The Morgan fingerprint density at radius 3 is 2.38 bits per heavy atom. The van der Waals surface area contributed by atoms with Gasteiger partial charge >= 0.3 is 5.97 Å². The molecule has 34 heavy (non-hydrogen) atoms.